The zero-order valence-corrected chi connectivity index (χ0v) is 9.58. The van der Waals surface area contributed by atoms with Crippen molar-refractivity contribution in [2.24, 2.45) is 0 Å². The molecule has 1 aromatic carbocycles. The van der Waals surface area contributed by atoms with E-state index < -0.39 is 0 Å². The molecule has 1 N–H and O–H groups in total. The average Bonchev–Trinajstić information content (AvgIpc) is 2.58. The maximum Gasteiger partial charge on any atom is 0.116 e. The summed E-state index contributed by atoms with van der Waals surface area (Å²) in [5.74, 6) is 0.816. The summed E-state index contributed by atoms with van der Waals surface area (Å²) in [5.41, 5.74) is 3.80. The molecule has 1 aliphatic rings. The van der Waals surface area contributed by atoms with Crippen LogP contribution in [0.5, 0.6) is 5.75 Å². The van der Waals surface area contributed by atoms with E-state index in [1.54, 1.807) is 7.11 Å². The average molecular weight is 206 g/mol. The van der Waals surface area contributed by atoms with Crippen molar-refractivity contribution in [2.75, 3.05) is 7.11 Å². The van der Waals surface area contributed by atoms with Gasteiger partial charge in [-0.1, -0.05) is 13.8 Å². The Hall–Kier alpha value is -1.02. The fourth-order valence-electron chi connectivity index (χ4n) is 2.46. The molecule has 2 nitrogen and oxygen atoms in total. The molecule has 0 heterocycles. The van der Waals surface area contributed by atoms with E-state index in [0.29, 0.717) is 11.7 Å². The molecule has 0 bridgehead atoms. The summed E-state index contributed by atoms with van der Waals surface area (Å²) in [7, 11) is 1.76. The molecule has 0 saturated carbocycles. The summed E-state index contributed by atoms with van der Waals surface area (Å²) in [6.45, 7) is 4.31. The molecule has 1 aromatic rings. The number of hydrogen-bond donors (Lipinski definition) is 1. The Labute approximate surface area is 90.9 Å². The molecule has 0 saturated heterocycles. The predicted molar refractivity (Wildman–Crippen MR) is 60.3 cm³/mol. The number of hydrogen-bond acceptors (Lipinski definition) is 2. The largest absolute Gasteiger partial charge is 0.508 e. The van der Waals surface area contributed by atoms with Crippen LogP contribution >= 0.6 is 0 Å². The van der Waals surface area contributed by atoms with Crippen LogP contribution in [0.2, 0.25) is 0 Å². The standard InChI is InChI=1S/C13H18O2/c1-8(2)11-7-10(14)6-9-4-5-12(15-3)13(9)11/h6-8,12,14H,4-5H2,1-3H3. The first-order chi connectivity index (χ1) is 7.13. The Morgan fingerprint density at radius 3 is 2.73 bits per heavy atom. The lowest BCUT2D eigenvalue weighted by molar-refractivity contribution is 0.104. The molecule has 0 aromatic heterocycles. The maximum atomic E-state index is 9.64. The summed E-state index contributed by atoms with van der Waals surface area (Å²) >= 11 is 0. The predicted octanol–water partition coefficient (Wildman–Crippen LogP) is 3.15. The van der Waals surface area contributed by atoms with Gasteiger partial charge in [0, 0.05) is 7.11 Å². The summed E-state index contributed by atoms with van der Waals surface area (Å²) in [6, 6.07) is 3.75. The van der Waals surface area contributed by atoms with Gasteiger partial charge in [0.15, 0.2) is 0 Å². The quantitative estimate of drug-likeness (QED) is 0.805. The molecule has 1 aliphatic carbocycles. The first kappa shape index (κ1) is 10.5. The Kier molecular flexibility index (Phi) is 2.70. The van der Waals surface area contributed by atoms with Gasteiger partial charge >= 0.3 is 0 Å². The number of rotatable bonds is 2. The first-order valence-electron chi connectivity index (χ1n) is 5.52. The highest BCUT2D eigenvalue weighted by molar-refractivity contribution is 5.47. The van der Waals surface area contributed by atoms with Gasteiger partial charge in [-0.2, -0.15) is 0 Å². The number of methoxy groups -OCH3 is 1. The fourth-order valence-corrected chi connectivity index (χ4v) is 2.46. The highest BCUT2D eigenvalue weighted by Crippen LogP contribution is 2.40. The summed E-state index contributed by atoms with van der Waals surface area (Å²) in [6.07, 6.45) is 2.27. The van der Waals surface area contributed by atoms with Gasteiger partial charge in [0.2, 0.25) is 0 Å². The highest BCUT2D eigenvalue weighted by atomic mass is 16.5. The van der Waals surface area contributed by atoms with Gasteiger partial charge in [-0.25, -0.2) is 0 Å². The minimum absolute atomic E-state index is 0.220. The van der Waals surface area contributed by atoms with Gasteiger partial charge in [0.1, 0.15) is 5.75 Å². The zero-order valence-electron chi connectivity index (χ0n) is 9.58. The summed E-state index contributed by atoms with van der Waals surface area (Å²) < 4.78 is 5.49. The molecule has 2 rings (SSSR count). The Balaban J connectivity index is 2.55. The van der Waals surface area contributed by atoms with Crippen LogP contribution in [0.25, 0.3) is 0 Å². The minimum Gasteiger partial charge on any atom is -0.508 e. The molecular weight excluding hydrogens is 188 g/mol. The maximum absolute atomic E-state index is 9.64. The summed E-state index contributed by atoms with van der Waals surface area (Å²) in [5, 5.41) is 9.64. The minimum atomic E-state index is 0.220. The van der Waals surface area contributed by atoms with E-state index in [1.807, 2.05) is 12.1 Å². The molecule has 0 aliphatic heterocycles. The number of benzene rings is 1. The van der Waals surface area contributed by atoms with Crippen LogP contribution < -0.4 is 0 Å². The number of phenolic OH excluding ortho intramolecular Hbond substituents is 1. The molecule has 1 atom stereocenters. The van der Waals surface area contributed by atoms with E-state index in [2.05, 4.69) is 13.8 Å². The van der Waals surface area contributed by atoms with Gasteiger partial charge in [-0.05, 0) is 47.6 Å². The van der Waals surface area contributed by atoms with E-state index in [-0.39, 0.29) is 6.10 Å². The highest BCUT2D eigenvalue weighted by Gasteiger charge is 2.26. The second-order valence-electron chi connectivity index (χ2n) is 4.53. The third-order valence-corrected chi connectivity index (χ3v) is 3.19. The molecular formula is C13H18O2. The van der Waals surface area contributed by atoms with Crippen LogP contribution in [-0.4, -0.2) is 12.2 Å². The Morgan fingerprint density at radius 1 is 1.40 bits per heavy atom. The van der Waals surface area contributed by atoms with E-state index in [9.17, 15) is 5.11 Å². The molecule has 0 spiro atoms. The molecule has 15 heavy (non-hydrogen) atoms. The van der Waals surface area contributed by atoms with Crippen LogP contribution in [-0.2, 0) is 11.2 Å². The lowest BCUT2D eigenvalue weighted by Gasteiger charge is -2.17. The first-order valence-corrected chi connectivity index (χ1v) is 5.52. The SMILES string of the molecule is COC1CCc2cc(O)cc(C(C)C)c21. The van der Waals surface area contributed by atoms with Crippen molar-refractivity contribution in [1.29, 1.82) is 0 Å². The zero-order chi connectivity index (χ0) is 11.0. The topological polar surface area (TPSA) is 29.5 Å². The van der Waals surface area contributed by atoms with Crippen LogP contribution in [0.15, 0.2) is 12.1 Å². The third-order valence-electron chi connectivity index (χ3n) is 3.19. The van der Waals surface area contributed by atoms with E-state index in [4.69, 9.17) is 4.74 Å². The normalized spacial score (nSPS) is 19.6. The van der Waals surface area contributed by atoms with Gasteiger partial charge in [-0.3, -0.25) is 0 Å². The van der Waals surface area contributed by atoms with Crippen molar-refractivity contribution in [3.63, 3.8) is 0 Å². The molecule has 0 amide bonds. The van der Waals surface area contributed by atoms with Crippen molar-refractivity contribution in [3.05, 3.63) is 28.8 Å². The van der Waals surface area contributed by atoms with Crippen LogP contribution in [0, 0.1) is 0 Å². The van der Waals surface area contributed by atoms with Gasteiger partial charge in [-0.15, -0.1) is 0 Å². The van der Waals surface area contributed by atoms with Gasteiger partial charge in [0.25, 0.3) is 0 Å². The number of aryl methyl sites for hydroxylation is 1. The van der Waals surface area contributed by atoms with Crippen molar-refractivity contribution >= 4 is 0 Å². The Morgan fingerprint density at radius 2 is 2.13 bits per heavy atom. The molecule has 0 radical (unpaired) electrons. The van der Waals surface area contributed by atoms with Crippen molar-refractivity contribution in [2.45, 2.75) is 38.7 Å². The molecule has 1 unspecified atom stereocenters. The van der Waals surface area contributed by atoms with E-state index >= 15 is 0 Å². The van der Waals surface area contributed by atoms with Crippen molar-refractivity contribution < 1.29 is 9.84 Å². The molecule has 0 fully saturated rings. The molecule has 82 valence electrons. The third kappa shape index (κ3) is 1.74. The number of ether oxygens (including phenoxy) is 1. The fraction of sp³-hybridized carbons (Fsp3) is 0.538. The number of fused-ring (bicyclic) bond motifs is 1. The van der Waals surface area contributed by atoms with E-state index in [0.717, 1.165) is 12.8 Å². The second-order valence-corrected chi connectivity index (χ2v) is 4.53. The van der Waals surface area contributed by atoms with Crippen LogP contribution in [0.1, 0.15) is 49.0 Å². The van der Waals surface area contributed by atoms with Crippen molar-refractivity contribution in [1.82, 2.24) is 0 Å². The monoisotopic (exact) mass is 206 g/mol. The number of phenols is 1. The lowest BCUT2D eigenvalue weighted by atomic mass is 9.93. The summed E-state index contributed by atoms with van der Waals surface area (Å²) in [4.78, 5) is 0. The van der Waals surface area contributed by atoms with E-state index in [1.165, 1.54) is 16.7 Å². The Bertz CT molecular complexity index is 369. The smallest absolute Gasteiger partial charge is 0.116 e. The van der Waals surface area contributed by atoms with Crippen LogP contribution in [0.4, 0.5) is 0 Å². The number of aromatic hydroxyl groups is 1. The molecule has 2 heteroatoms. The van der Waals surface area contributed by atoms with Crippen LogP contribution in [0.3, 0.4) is 0 Å². The van der Waals surface area contributed by atoms with Crippen molar-refractivity contribution in [3.8, 4) is 5.75 Å². The van der Waals surface area contributed by atoms with Gasteiger partial charge < -0.3 is 9.84 Å². The van der Waals surface area contributed by atoms with Gasteiger partial charge in [0.05, 0.1) is 6.10 Å². The second kappa shape index (κ2) is 3.86. The lowest BCUT2D eigenvalue weighted by Crippen LogP contribution is -2.02.